The molecule has 0 bridgehead atoms. The van der Waals surface area contributed by atoms with E-state index < -0.39 is 68.9 Å². The van der Waals surface area contributed by atoms with Crippen molar-refractivity contribution in [2.24, 2.45) is 0 Å². The zero-order valence-corrected chi connectivity index (χ0v) is 24.9. The molecular weight excluding hydrogens is 680 g/mol. The smallest absolute Gasteiger partial charge is 0.336 e. The predicted octanol–water partition coefficient (Wildman–Crippen LogP) is 2.75. The lowest BCUT2D eigenvalue weighted by atomic mass is 10.1. The van der Waals surface area contributed by atoms with Crippen LogP contribution in [0.5, 0.6) is 0 Å². The minimum atomic E-state index is -5.40. The Morgan fingerprint density at radius 3 is 1.02 bits per heavy atom. The van der Waals surface area contributed by atoms with Crippen molar-refractivity contribution in [2.75, 3.05) is 0 Å². The van der Waals surface area contributed by atoms with Gasteiger partial charge in [0.05, 0.1) is 22.3 Å². The maximum Gasteiger partial charge on any atom is 0.336 e. The fourth-order valence-corrected chi connectivity index (χ4v) is 7.08. The molecule has 0 atom stereocenters. The lowest BCUT2D eigenvalue weighted by molar-refractivity contribution is 0.0651. The van der Waals surface area contributed by atoms with Gasteiger partial charge in [-0.15, -0.1) is 0 Å². The van der Waals surface area contributed by atoms with Crippen LogP contribution in [0.4, 0.5) is 0 Å². The van der Waals surface area contributed by atoms with Crippen LogP contribution in [-0.2, 0) is 30.4 Å². The molecule has 0 spiro atoms. The average Bonchev–Trinajstić information content (AvgIpc) is 2.95. The number of carboxylic acids is 4. The summed E-state index contributed by atoms with van der Waals surface area (Å²) in [6.07, 6.45) is 0. The Kier molecular flexibility index (Phi) is 11.4. The molecule has 0 aliphatic rings. The van der Waals surface area contributed by atoms with E-state index in [-0.39, 0.29) is 33.0 Å². The first-order chi connectivity index (χ1) is 21.1. The number of benzene rings is 4. The molecule has 0 aromatic heterocycles. The van der Waals surface area contributed by atoms with Gasteiger partial charge in [0.15, 0.2) is 0 Å². The van der Waals surface area contributed by atoms with Gasteiger partial charge in [0, 0.05) is 5.39 Å². The summed E-state index contributed by atoms with van der Waals surface area (Å²) in [6.45, 7) is 0. The molecule has 0 heterocycles. The minimum Gasteiger partial charge on any atom is -0.478 e. The molecule has 0 aliphatic carbocycles. The number of rotatable bonds is 7. The first-order valence-electron chi connectivity index (χ1n) is 11.7. The van der Waals surface area contributed by atoms with E-state index in [9.17, 15) is 49.0 Å². The molecule has 0 aliphatic heterocycles. The van der Waals surface area contributed by atoms with Crippen LogP contribution in [-0.4, -0.2) is 83.2 Å². The molecule has 0 saturated heterocycles. The maximum atomic E-state index is 11.5. The number of fused-ring (bicyclic) bond motifs is 1. The Morgan fingerprint density at radius 2 is 0.739 bits per heavy atom. The Bertz CT molecular complexity index is 2050. The molecule has 0 saturated carbocycles. The van der Waals surface area contributed by atoms with Gasteiger partial charge in [0.25, 0.3) is 30.4 Å². The summed E-state index contributed by atoms with van der Waals surface area (Å²) in [4.78, 5) is 37.5. The van der Waals surface area contributed by atoms with Crippen molar-refractivity contribution in [2.45, 2.75) is 14.7 Å². The lowest BCUT2D eigenvalue weighted by Crippen LogP contribution is -2.15. The van der Waals surface area contributed by atoms with E-state index in [0.717, 1.165) is 6.07 Å². The molecular formula is C26H20O17S3. The summed E-state index contributed by atoms with van der Waals surface area (Å²) in [6, 6.07) is 16.6. The number of carbonyl (C=O) groups is 4. The van der Waals surface area contributed by atoms with Crippen LogP contribution in [0.2, 0.25) is 0 Å². The van der Waals surface area contributed by atoms with Gasteiger partial charge in [0.2, 0.25) is 0 Å². The number of aromatic carboxylic acids is 4. The largest absolute Gasteiger partial charge is 0.478 e. The van der Waals surface area contributed by atoms with Crippen molar-refractivity contribution in [3.05, 3.63) is 101 Å². The van der Waals surface area contributed by atoms with E-state index in [1.165, 1.54) is 66.7 Å². The van der Waals surface area contributed by atoms with Gasteiger partial charge in [0.1, 0.15) is 14.7 Å². The third kappa shape index (κ3) is 9.13. The first kappa shape index (κ1) is 36.9. The average molecular weight is 701 g/mol. The first-order valence-corrected chi connectivity index (χ1v) is 16.0. The summed E-state index contributed by atoms with van der Waals surface area (Å²) in [5, 5.41) is 33.8. The van der Waals surface area contributed by atoms with Gasteiger partial charge in [-0.2, -0.15) is 25.3 Å². The zero-order chi connectivity index (χ0) is 35.2. The summed E-state index contributed by atoms with van der Waals surface area (Å²) >= 11 is 0. The van der Waals surface area contributed by atoms with Crippen LogP contribution in [0.3, 0.4) is 0 Å². The van der Waals surface area contributed by atoms with Crippen molar-refractivity contribution in [1.82, 2.24) is 0 Å². The van der Waals surface area contributed by atoms with Crippen molar-refractivity contribution < 1.29 is 78.5 Å². The highest BCUT2D eigenvalue weighted by Crippen LogP contribution is 2.35. The normalized spacial score (nSPS) is 11.3. The molecule has 0 unspecified atom stereocenters. The quantitative estimate of drug-likeness (QED) is 0.136. The van der Waals surface area contributed by atoms with Crippen LogP contribution < -0.4 is 0 Å². The second-order valence-corrected chi connectivity index (χ2v) is 12.6. The number of hydrogen-bond acceptors (Lipinski definition) is 10. The van der Waals surface area contributed by atoms with Gasteiger partial charge in [-0.1, -0.05) is 48.5 Å². The topological polar surface area (TPSA) is 312 Å². The lowest BCUT2D eigenvalue weighted by Gasteiger charge is -2.12. The van der Waals surface area contributed by atoms with Gasteiger partial charge in [-0.3, -0.25) is 13.7 Å². The molecule has 244 valence electrons. The van der Waals surface area contributed by atoms with Crippen LogP contribution in [0, 0.1) is 0 Å². The molecule has 0 amide bonds. The monoisotopic (exact) mass is 700 g/mol. The zero-order valence-electron chi connectivity index (χ0n) is 22.4. The molecule has 4 aromatic rings. The van der Waals surface area contributed by atoms with Gasteiger partial charge in [-0.25, -0.2) is 19.2 Å². The minimum absolute atomic E-state index is 0.0878. The van der Waals surface area contributed by atoms with Crippen LogP contribution in [0.1, 0.15) is 41.4 Å². The predicted molar refractivity (Wildman–Crippen MR) is 154 cm³/mol. The molecule has 20 heteroatoms. The van der Waals surface area contributed by atoms with Gasteiger partial charge < -0.3 is 20.4 Å². The Labute approximate surface area is 258 Å². The molecule has 4 aromatic carbocycles. The van der Waals surface area contributed by atoms with Crippen molar-refractivity contribution in [3.8, 4) is 0 Å². The van der Waals surface area contributed by atoms with E-state index >= 15 is 0 Å². The Hall–Kier alpha value is -5.25. The van der Waals surface area contributed by atoms with Crippen LogP contribution >= 0.6 is 0 Å². The standard InChI is InChI=1S/C10H8O9S3.2C8H6O4/c11-20(12,13)8-5-6-3-1-2-4-7(6)9(21(14,15)16)10(8)22(17,18)19;2*9-7(10)5-3-1-2-4-6(5)8(11)12/h1-5H,(H,11,12,13)(H,14,15,16)(H,17,18,19);2*1-4H,(H,9,10)(H,11,12). The fraction of sp³-hybridized carbons (Fsp3) is 0. The van der Waals surface area contributed by atoms with E-state index in [2.05, 4.69) is 0 Å². The van der Waals surface area contributed by atoms with E-state index in [0.29, 0.717) is 6.07 Å². The third-order valence-corrected chi connectivity index (χ3v) is 8.51. The van der Waals surface area contributed by atoms with E-state index in [4.69, 9.17) is 29.5 Å². The van der Waals surface area contributed by atoms with E-state index in [1.54, 1.807) is 0 Å². The number of carboxylic acid groups (broad SMARTS) is 4. The molecule has 0 radical (unpaired) electrons. The van der Waals surface area contributed by atoms with Gasteiger partial charge in [-0.05, 0) is 35.7 Å². The summed E-state index contributed by atoms with van der Waals surface area (Å²) in [7, 11) is -15.8. The molecule has 7 N–H and O–H groups in total. The summed E-state index contributed by atoms with van der Waals surface area (Å²) < 4.78 is 96.0. The van der Waals surface area contributed by atoms with Crippen LogP contribution in [0.15, 0.2) is 93.5 Å². The Balaban J connectivity index is 0.000000261. The van der Waals surface area contributed by atoms with Gasteiger partial charge >= 0.3 is 23.9 Å². The highest BCUT2D eigenvalue weighted by Gasteiger charge is 2.34. The third-order valence-electron chi connectivity index (χ3n) is 5.49. The van der Waals surface area contributed by atoms with Crippen molar-refractivity contribution in [3.63, 3.8) is 0 Å². The maximum absolute atomic E-state index is 11.5. The fourth-order valence-electron chi connectivity index (χ4n) is 3.67. The summed E-state index contributed by atoms with van der Waals surface area (Å²) in [5.74, 6) is -4.91. The second-order valence-electron chi connectivity index (χ2n) is 8.49. The molecule has 46 heavy (non-hydrogen) atoms. The highest BCUT2D eigenvalue weighted by molar-refractivity contribution is 7.90. The molecule has 17 nitrogen and oxygen atoms in total. The summed E-state index contributed by atoms with van der Waals surface area (Å²) in [5.41, 5.74) is -0.759. The van der Waals surface area contributed by atoms with Crippen molar-refractivity contribution in [1.29, 1.82) is 0 Å². The van der Waals surface area contributed by atoms with E-state index in [1.807, 2.05) is 0 Å². The van der Waals surface area contributed by atoms with Crippen molar-refractivity contribution >= 4 is 65.0 Å². The Morgan fingerprint density at radius 1 is 0.435 bits per heavy atom. The van der Waals surface area contributed by atoms with Crippen LogP contribution in [0.25, 0.3) is 10.8 Å². The molecule has 4 rings (SSSR count). The highest BCUT2D eigenvalue weighted by atomic mass is 32.2. The SMILES string of the molecule is O=C(O)c1ccccc1C(=O)O.O=C(O)c1ccccc1C(=O)O.O=S(=O)(O)c1cc2ccccc2c(S(=O)(=O)O)c1S(=O)(=O)O. The second kappa shape index (κ2) is 14.2. The molecule has 0 fully saturated rings. The number of hydrogen-bond donors (Lipinski definition) is 7.